The molecule has 1 aliphatic rings. The smallest absolute Gasteiger partial charge is 0.178 e. The first-order valence-electron chi connectivity index (χ1n) is 7.01. The summed E-state index contributed by atoms with van der Waals surface area (Å²) in [5.74, 6) is 1.77. The van der Waals surface area contributed by atoms with Crippen LogP contribution in [0.3, 0.4) is 0 Å². The molecule has 0 amide bonds. The number of aromatic amines is 1. The molecule has 0 aliphatic heterocycles. The summed E-state index contributed by atoms with van der Waals surface area (Å²) in [4.78, 5) is 3.31. The molecule has 102 valence electrons. The summed E-state index contributed by atoms with van der Waals surface area (Å²) in [6.07, 6.45) is 5.13. The second-order valence-corrected chi connectivity index (χ2v) is 5.78. The first kappa shape index (κ1) is 12.7. The zero-order valence-corrected chi connectivity index (χ0v) is 12.3. The Hall–Kier alpha value is -1.29. The molecule has 2 aromatic rings. The first-order valence-corrected chi connectivity index (χ1v) is 7.42. The van der Waals surface area contributed by atoms with Crippen LogP contribution in [0.2, 0.25) is 0 Å². The second kappa shape index (κ2) is 5.00. The van der Waals surface area contributed by atoms with Gasteiger partial charge in [0.15, 0.2) is 4.77 Å². The largest absolute Gasteiger partial charge is 0.494 e. The lowest BCUT2D eigenvalue weighted by molar-refractivity contribution is 0.418. The van der Waals surface area contributed by atoms with Crippen LogP contribution >= 0.6 is 12.2 Å². The summed E-state index contributed by atoms with van der Waals surface area (Å²) in [5.41, 5.74) is 2.18. The van der Waals surface area contributed by atoms with Gasteiger partial charge in [-0.15, -0.1) is 0 Å². The van der Waals surface area contributed by atoms with Crippen molar-refractivity contribution in [3.05, 3.63) is 23.0 Å². The van der Waals surface area contributed by atoms with E-state index in [0.29, 0.717) is 6.04 Å². The van der Waals surface area contributed by atoms with E-state index in [1.807, 2.05) is 12.1 Å². The van der Waals surface area contributed by atoms with Gasteiger partial charge in [-0.3, -0.25) is 0 Å². The van der Waals surface area contributed by atoms with E-state index in [1.54, 1.807) is 7.11 Å². The molecule has 1 unspecified atom stereocenters. The quantitative estimate of drug-likeness (QED) is 0.817. The van der Waals surface area contributed by atoms with Crippen LogP contribution in [0.15, 0.2) is 18.2 Å². The van der Waals surface area contributed by atoms with Gasteiger partial charge in [0.05, 0.1) is 12.6 Å². The van der Waals surface area contributed by atoms with Crippen molar-refractivity contribution in [1.29, 1.82) is 0 Å². The average molecular weight is 276 g/mol. The molecular weight excluding hydrogens is 256 g/mol. The molecule has 1 fully saturated rings. The van der Waals surface area contributed by atoms with E-state index >= 15 is 0 Å². The van der Waals surface area contributed by atoms with Gasteiger partial charge in [-0.1, -0.05) is 25.8 Å². The molecule has 0 spiro atoms. The van der Waals surface area contributed by atoms with Crippen LogP contribution in [0.25, 0.3) is 11.0 Å². The maximum Gasteiger partial charge on any atom is 0.178 e. The van der Waals surface area contributed by atoms with Crippen molar-refractivity contribution in [2.24, 2.45) is 5.92 Å². The number of para-hydroxylation sites is 1. The zero-order valence-electron chi connectivity index (χ0n) is 11.5. The predicted octanol–water partition coefficient (Wildman–Crippen LogP) is 4.46. The number of methoxy groups -OCH3 is 1. The Morgan fingerprint density at radius 3 is 2.89 bits per heavy atom. The van der Waals surface area contributed by atoms with E-state index in [2.05, 4.69) is 22.5 Å². The van der Waals surface area contributed by atoms with Crippen molar-refractivity contribution in [1.82, 2.24) is 9.55 Å². The Morgan fingerprint density at radius 2 is 2.26 bits per heavy atom. The highest BCUT2D eigenvalue weighted by Gasteiger charge is 2.26. The third-order valence-electron chi connectivity index (χ3n) is 4.07. The summed E-state index contributed by atoms with van der Waals surface area (Å²) in [7, 11) is 1.70. The Morgan fingerprint density at radius 1 is 1.47 bits per heavy atom. The molecule has 3 rings (SSSR count). The van der Waals surface area contributed by atoms with Gasteiger partial charge < -0.3 is 14.3 Å². The van der Waals surface area contributed by atoms with Crippen LogP contribution in [0.1, 0.15) is 38.6 Å². The minimum Gasteiger partial charge on any atom is -0.494 e. The molecule has 3 nitrogen and oxygen atoms in total. The van der Waals surface area contributed by atoms with Crippen molar-refractivity contribution >= 4 is 23.3 Å². The summed E-state index contributed by atoms with van der Waals surface area (Å²) in [6, 6.07) is 6.63. The predicted molar refractivity (Wildman–Crippen MR) is 80.3 cm³/mol. The lowest BCUT2D eigenvalue weighted by Gasteiger charge is -2.17. The minimum atomic E-state index is 0.501. The molecule has 1 aromatic heterocycles. The molecule has 1 atom stereocenters. The van der Waals surface area contributed by atoms with Gasteiger partial charge in [0, 0.05) is 6.04 Å². The molecule has 1 aliphatic carbocycles. The van der Waals surface area contributed by atoms with Crippen LogP contribution < -0.4 is 4.74 Å². The van der Waals surface area contributed by atoms with Gasteiger partial charge in [0.25, 0.3) is 0 Å². The van der Waals surface area contributed by atoms with Gasteiger partial charge in [0.1, 0.15) is 11.3 Å². The van der Waals surface area contributed by atoms with Gasteiger partial charge in [-0.25, -0.2) is 0 Å². The van der Waals surface area contributed by atoms with Crippen molar-refractivity contribution in [3.63, 3.8) is 0 Å². The fraction of sp³-hybridized carbons (Fsp3) is 0.533. The highest BCUT2D eigenvalue weighted by molar-refractivity contribution is 7.71. The van der Waals surface area contributed by atoms with Crippen molar-refractivity contribution in [2.45, 2.75) is 38.6 Å². The van der Waals surface area contributed by atoms with E-state index in [0.717, 1.165) is 33.9 Å². The van der Waals surface area contributed by atoms with Crippen LogP contribution in [-0.2, 0) is 0 Å². The highest BCUT2D eigenvalue weighted by atomic mass is 32.1. The Bertz CT molecular complexity index is 639. The number of ether oxygens (including phenoxy) is 1. The standard InChI is InChI=1S/C15H20N2OS/c1-3-11(9-10-7-8-10)17-12-5-4-6-13(18-2)14(12)16-15(17)19/h4-6,10-11H,3,7-9H2,1-2H3,(H,16,19). The normalized spacial score (nSPS) is 16.7. The summed E-state index contributed by atoms with van der Waals surface area (Å²) < 4.78 is 8.51. The van der Waals surface area contributed by atoms with Gasteiger partial charge in [-0.05, 0) is 43.1 Å². The number of aromatic nitrogens is 2. The zero-order chi connectivity index (χ0) is 13.4. The lowest BCUT2D eigenvalue weighted by atomic mass is 10.1. The SMILES string of the molecule is CCC(CC1CC1)n1c(=S)[nH]c2c(OC)cccc21. The van der Waals surface area contributed by atoms with Gasteiger partial charge in [-0.2, -0.15) is 0 Å². The second-order valence-electron chi connectivity index (χ2n) is 5.40. The number of H-pyrrole nitrogens is 1. The van der Waals surface area contributed by atoms with E-state index in [9.17, 15) is 0 Å². The third-order valence-corrected chi connectivity index (χ3v) is 4.37. The van der Waals surface area contributed by atoms with E-state index in [1.165, 1.54) is 19.3 Å². The molecule has 0 bridgehead atoms. The van der Waals surface area contributed by atoms with Gasteiger partial charge >= 0.3 is 0 Å². The molecule has 4 heteroatoms. The molecule has 0 radical (unpaired) electrons. The average Bonchev–Trinajstić information content (AvgIpc) is 3.17. The molecule has 1 heterocycles. The van der Waals surface area contributed by atoms with Crippen LogP contribution in [0.5, 0.6) is 5.75 Å². The molecule has 19 heavy (non-hydrogen) atoms. The van der Waals surface area contributed by atoms with Crippen LogP contribution in [-0.4, -0.2) is 16.7 Å². The topological polar surface area (TPSA) is 29.9 Å². The summed E-state index contributed by atoms with van der Waals surface area (Å²) >= 11 is 5.53. The fourth-order valence-electron chi connectivity index (χ4n) is 2.85. The minimum absolute atomic E-state index is 0.501. The number of benzene rings is 1. The van der Waals surface area contributed by atoms with Crippen LogP contribution in [0, 0.1) is 10.7 Å². The Balaban J connectivity index is 2.11. The number of nitrogens with one attached hydrogen (secondary N) is 1. The highest BCUT2D eigenvalue weighted by Crippen LogP contribution is 2.39. The van der Waals surface area contributed by atoms with Crippen LogP contribution in [0.4, 0.5) is 0 Å². The van der Waals surface area contributed by atoms with Crippen molar-refractivity contribution < 1.29 is 4.74 Å². The molecular formula is C15H20N2OS. The van der Waals surface area contributed by atoms with E-state index in [-0.39, 0.29) is 0 Å². The molecule has 1 saturated carbocycles. The lowest BCUT2D eigenvalue weighted by Crippen LogP contribution is -2.09. The Kier molecular flexibility index (Phi) is 3.35. The summed E-state index contributed by atoms with van der Waals surface area (Å²) in [5, 5.41) is 0. The maximum atomic E-state index is 5.53. The number of fused-ring (bicyclic) bond motifs is 1. The molecule has 1 aromatic carbocycles. The van der Waals surface area contributed by atoms with Crippen molar-refractivity contribution in [3.8, 4) is 5.75 Å². The maximum absolute atomic E-state index is 5.53. The number of rotatable bonds is 5. The first-order chi connectivity index (χ1) is 9.24. The number of hydrogen-bond acceptors (Lipinski definition) is 2. The van der Waals surface area contributed by atoms with E-state index < -0.39 is 0 Å². The van der Waals surface area contributed by atoms with Gasteiger partial charge in [0.2, 0.25) is 0 Å². The number of hydrogen-bond donors (Lipinski definition) is 1. The third kappa shape index (κ3) is 2.29. The van der Waals surface area contributed by atoms with E-state index in [4.69, 9.17) is 17.0 Å². The van der Waals surface area contributed by atoms with Crippen molar-refractivity contribution in [2.75, 3.05) is 7.11 Å². The molecule has 1 N–H and O–H groups in total. The number of nitrogens with zero attached hydrogens (tertiary/aromatic N) is 1. The monoisotopic (exact) mass is 276 g/mol. The molecule has 0 saturated heterocycles. The number of imidazole rings is 1. The fourth-order valence-corrected chi connectivity index (χ4v) is 3.20. The Labute approximate surface area is 118 Å². The summed E-state index contributed by atoms with van der Waals surface area (Å²) in [6.45, 7) is 2.24.